The number of ketones is 1. The van der Waals surface area contributed by atoms with Crippen molar-refractivity contribution in [2.75, 3.05) is 27.2 Å². The van der Waals surface area contributed by atoms with Crippen LogP contribution in [0.3, 0.4) is 0 Å². The summed E-state index contributed by atoms with van der Waals surface area (Å²) < 4.78 is 0.279. The minimum Gasteiger partial charge on any atom is -0.858 e. The van der Waals surface area contributed by atoms with Crippen LogP contribution >= 0.6 is 17.0 Å². The zero-order valence-corrected chi connectivity index (χ0v) is 16.9. The smallest absolute Gasteiger partial charge is 0.216 e. The molecule has 0 spiro atoms. The third-order valence-corrected chi connectivity index (χ3v) is 3.91. The van der Waals surface area contributed by atoms with E-state index in [1.165, 1.54) is 0 Å². The molecule has 0 unspecified atom stereocenters. The molecule has 0 heterocycles. The maximum atomic E-state index is 12.4. The standard InChI is InChI=1S/C20H24N2O2.BrH/c1-15-9-8-10-16(2)20(15)21-19(24)14-22(3,4)13-18(23)17-11-6-5-7-12-17;/h5-12H,13-14H2,1-4H3;1H. The van der Waals surface area contributed by atoms with E-state index >= 15 is 0 Å². The van der Waals surface area contributed by atoms with Crippen LogP contribution in [0.15, 0.2) is 53.5 Å². The summed E-state index contributed by atoms with van der Waals surface area (Å²) in [6, 6.07) is 15.0. The minimum atomic E-state index is -0.210. The Bertz CT molecular complexity index is 735. The largest absolute Gasteiger partial charge is 0.858 e. The third-order valence-electron chi connectivity index (χ3n) is 3.91. The Morgan fingerprint density at radius 1 is 0.960 bits per heavy atom. The van der Waals surface area contributed by atoms with Crippen LogP contribution in [0.25, 0.3) is 0 Å². The van der Waals surface area contributed by atoms with Gasteiger partial charge in [0.1, 0.15) is 13.1 Å². The first kappa shape index (κ1) is 21.1. The van der Waals surface area contributed by atoms with E-state index in [4.69, 9.17) is 0 Å². The van der Waals surface area contributed by atoms with Gasteiger partial charge in [-0.2, -0.15) is 0 Å². The maximum Gasteiger partial charge on any atom is 0.216 e. The fraction of sp³-hybridized carbons (Fsp3) is 0.300. The monoisotopic (exact) mass is 404 g/mol. The molecule has 2 aromatic rings. The van der Waals surface area contributed by atoms with Crippen molar-refractivity contribution in [3.63, 3.8) is 0 Å². The predicted octanol–water partition coefficient (Wildman–Crippen LogP) is 3.23. The van der Waals surface area contributed by atoms with Gasteiger partial charge in [-0.15, -0.1) is 17.0 Å². The van der Waals surface area contributed by atoms with Crippen LogP contribution in [0.1, 0.15) is 21.5 Å². The van der Waals surface area contributed by atoms with Gasteiger partial charge in [0.2, 0.25) is 5.78 Å². The molecule has 0 aromatic heterocycles. The molecule has 0 aliphatic rings. The van der Waals surface area contributed by atoms with Gasteiger partial charge in [0, 0.05) is 11.5 Å². The van der Waals surface area contributed by atoms with Crippen molar-refractivity contribution >= 4 is 34.3 Å². The lowest BCUT2D eigenvalue weighted by Gasteiger charge is -2.31. The summed E-state index contributed by atoms with van der Waals surface area (Å²) in [6.45, 7) is 4.33. The van der Waals surface area contributed by atoms with Gasteiger partial charge in [-0.1, -0.05) is 48.5 Å². The number of aryl methyl sites for hydroxylation is 2. The summed E-state index contributed by atoms with van der Waals surface area (Å²) in [5, 5.41) is 12.4. The van der Waals surface area contributed by atoms with E-state index in [1.54, 1.807) is 12.1 Å². The van der Waals surface area contributed by atoms with Gasteiger partial charge >= 0.3 is 0 Å². The number of carbonyl (C=O) groups is 1. The summed E-state index contributed by atoms with van der Waals surface area (Å²) in [5.41, 5.74) is 3.36. The number of aliphatic imine (C=N–C) groups is 1. The molecule has 0 aliphatic carbocycles. The molecule has 0 bridgehead atoms. The van der Waals surface area contributed by atoms with Gasteiger partial charge < -0.3 is 9.59 Å². The lowest BCUT2D eigenvalue weighted by Crippen LogP contribution is -2.49. The third kappa shape index (κ3) is 6.11. The van der Waals surface area contributed by atoms with Crippen LogP contribution in [-0.4, -0.2) is 43.3 Å². The Morgan fingerprint density at radius 2 is 1.52 bits per heavy atom. The number of quaternary nitrogens is 1. The number of rotatable bonds is 6. The molecule has 2 rings (SSSR count). The Labute approximate surface area is 160 Å². The molecule has 5 heteroatoms. The minimum absolute atomic E-state index is 0. The van der Waals surface area contributed by atoms with Crippen LogP contribution in [-0.2, 0) is 0 Å². The summed E-state index contributed by atoms with van der Waals surface area (Å²) in [5.74, 6) is -0.182. The topological polar surface area (TPSA) is 52.5 Å². The summed E-state index contributed by atoms with van der Waals surface area (Å²) >= 11 is 0. The second kappa shape index (κ2) is 8.92. The average Bonchev–Trinajstić information content (AvgIpc) is 2.51. The summed E-state index contributed by atoms with van der Waals surface area (Å²) in [7, 11) is 3.75. The molecule has 134 valence electrons. The zero-order chi connectivity index (χ0) is 17.7. The molecule has 0 atom stereocenters. The van der Waals surface area contributed by atoms with Crippen LogP contribution in [0, 0.1) is 13.8 Å². The van der Waals surface area contributed by atoms with Crippen LogP contribution in [0.5, 0.6) is 0 Å². The molecule has 0 fully saturated rings. The molecule has 0 radical (unpaired) electrons. The van der Waals surface area contributed by atoms with Crippen molar-refractivity contribution in [1.82, 2.24) is 0 Å². The molecule has 0 N–H and O–H groups in total. The van der Waals surface area contributed by atoms with Gasteiger partial charge in [-0.3, -0.25) is 9.79 Å². The number of benzene rings is 2. The lowest BCUT2D eigenvalue weighted by molar-refractivity contribution is -0.874. The van der Waals surface area contributed by atoms with E-state index in [2.05, 4.69) is 4.99 Å². The van der Waals surface area contributed by atoms with Gasteiger partial charge in [0.05, 0.1) is 19.8 Å². The molecule has 2 aromatic carbocycles. The molecule has 0 saturated heterocycles. The SMILES string of the molecule is Br.Cc1cccc(C)c1N=C([O-])C[N+](C)(C)CC(=O)c1ccccc1. The van der Waals surface area contributed by atoms with Gasteiger partial charge in [-0.05, 0) is 25.0 Å². The van der Waals surface area contributed by atoms with E-state index in [1.807, 2.05) is 64.3 Å². The number of carbonyl (C=O) groups excluding carboxylic acids is 1. The second-order valence-corrected chi connectivity index (χ2v) is 6.79. The van der Waals surface area contributed by atoms with Crippen LogP contribution in [0.2, 0.25) is 0 Å². The molecular weight excluding hydrogens is 380 g/mol. The molecular formula is C20H25BrN2O2. The number of likely N-dealkylation sites (N-methyl/N-ethyl adjacent to an activating group) is 1. The van der Waals surface area contributed by atoms with E-state index in [9.17, 15) is 9.90 Å². The van der Waals surface area contributed by atoms with Crippen molar-refractivity contribution in [2.45, 2.75) is 13.8 Å². The maximum absolute atomic E-state index is 12.4. The van der Waals surface area contributed by atoms with Crippen LogP contribution < -0.4 is 5.11 Å². The molecule has 25 heavy (non-hydrogen) atoms. The highest BCUT2D eigenvalue weighted by atomic mass is 79.9. The fourth-order valence-electron chi connectivity index (χ4n) is 2.67. The highest BCUT2D eigenvalue weighted by molar-refractivity contribution is 8.93. The van der Waals surface area contributed by atoms with Gasteiger partial charge in [0.25, 0.3) is 0 Å². The first-order chi connectivity index (χ1) is 11.3. The highest BCUT2D eigenvalue weighted by Crippen LogP contribution is 2.22. The van der Waals surface area contributed by atoms with Crippen molar-refractivity contribution in [1.29, 1.82) is 0 Å². The normalized spacial score (nSPS) is 11.8. The first-order valence-corrected chi connectivity index (χ1v) is 7.99. The zero-order valence-electron chi connectivity index (χ0n) is 15.2. The molecule has 4 nitrogen and oxygen atoms in total. The van der Waals surface area contributed by atoms with E-state index in [-0.39, 0.29) is 46.2 Å². The lowest BCUT2D eigenvalue weighted by atomic mass is 10.1. The fourth-order valence-corrected chi connectivity index (χ4v) is 2.67. The Balaban J connectivity index is 0.00000312. The number of hydrogen-bond donors (Lipinski definition) is 0. The Morgan fingerprint density at radius 3 is 2.08 bits per heavy atom. The van der Waals surface area contributed by atoms with E-state index in [0.717, 1.165) is 16.8 Å². The van der Waals surface area contributed by atoms with Crippen LogP contribution in [0.4, 0.5) is 5.69 Å². The van der Waals surface area contributed by atoms with Gasteiger partial charge in [0.15, 0.2) is 0 Å². The predicted molar refractivity (Wildman–Crippen MR) is 106 cm³/mol. The highest BCUT2D eigenvalue weighted by Gasteiger charge is 2.21. The first-order valence-electron chi connectivity index (χ1n) is 7.99. The Hall–Kier alpha value is -1.98. The van der Waals surface area contributed by atoms with E-state index in [0.29, 0.717) is 5.56 Å². The Kier molecular flexibility index (Phi) is 7.52. The van der Waals surface area contributed by atoms with Crippen molar-refractivity contribution in [3.05, 3.63) is 65.2 Å². The average molecular weight is 405 g/mol. The van der Waals surface area contributed by atoms with Crippen molar-refractivity contribution < 1.29 is 14.4 Å². The number of halogens is 1. The summed E-state index contributed by atoms with van der Waals surface area (Å²) in [4.78, 5) is 16.6. The van der Waals surface area contributed by atoms with Crippen molar-refractivity contribution in [3.8, 4) is 0 Å². The number of nitrogens with zero attached hydrogens (tertiary/aromatic N) is 2. The van der Waals surface area contributed by atoms with E-state index < -0.39 is 0 Å². The van der Waals surface area contributed by atoms with Crippen molar-refractivity contribution in [2.24, 2.45) is 4.99 Å². The number of para-hydroxylation sites is 1. The number of Topliss-reactive ketones (excluding diaryl/α,β-unsaturated/α-hetero) is 1. The molecule has 0 aliphatic heterocycles. The summed E-state index contributed by atoms with van der Waals surface area (Å²) in [6.07, 6.45) is 0. The number of hydrogen-bond acceptors (Lipinski definition) is 3. The molecule has 0 saturated carbocycles. The molecule has 0 amide bonds. The quantitative estimate of drug-likeness (QED) is 0.321. The van der Waals surface area contributed by atoms with Gasteiger partial charge in [-0.25, -0.2) is 0 Å². The second-order valence-electron chi connectivity index (χ2n) is 6.79.